The SMILES string of the molecule is CCN(C)C=Nc1cc(C)c(C2(OCc3ccccc3OC(F)(F)F)COC2)cc1Cl. The Hall–Kier alpha value is -2.29. The lowest BCUT2D eigenvalue weighted by Crippen LogP contribution is -2.49. The van der Waals surface area contributed by atoms with Gasteiger partial charge in [0.15, 0.2) is 0 Å². The Balaban J connectivity index is 1.82. The minimum Gasteiger partial charge on any atom is -0.405 e. The summed E-state index contributed by atoms with van der Waals surface area (Å²) in [5, 5.41) is 0.456. The molecule has 2 aromatic rings. The third kappa shape index (κ3) is 5.70. The standard InChI is InChI=1S/C22H24ClF3N2O3/c1-4-28(3)14-27-19-9-15(2)17(10-18(19)23)21(12-29-13-21)30-11-16-7-5-6-8-20(16)31-22(24,25)26/h5-10,14H,4,11-13H2,1-3H3. The Bertz CT molecular complexity index is 946. The molecule has 1 aliphatic heterocycles. The minimum absolute atomic E-state index is 0.0755. The second-order valence-electron chi connectivity index (χ2n) is 7.37. The number of alkyl halides is 3. The maximum Gasteiger partial charge on any atom is 0.573 e. The smallest absolute Gasteiger partial charge is 0.405 e. The van der Waals surface area contributed by atoms with Crippen molar-refractivity contribution in [2.75, 3.05) is 26.8 Å². The van der Waals surface area contributed by atoms with Crippen molar-refractivity contribution >= 4 is 23.6 Å². The summed E-state index contributed by atoms with van der Waals surface area (Å²) in [5.74, 6) is -0.287. The van der Waals surface area contributed by atoms with Gasteiger partial charge in [0.05, 0.1) is 36.9 Å². The molecule has 0 N–H and O–H groups in total. The van der Waals surface area contributed by atoms with Crippen LogP contribution >= 0.6 is 11.6 Å². The van der Waals surface area contributed by atoms with E-state index < -0.39 is 12.0 Å². The highest BCUT2D eigenvalue weighted by atomic mass is 35.5. The molecule has 9 heteroatoms. The van der Waals surface area contributed by atoms with Gasteiger partial charge in [0.1, 0.15) is 11.4 Å². The number of aryl methyl sites for hydroxylation is 1. The molecule has 0 radical (unpaired) electrons. The van der Waals surface area contributed by atoms with Gasteiger partial charge in [-0.3, -0.25) is 0 Å². The molecule has 3 rings (SSSR count). The molecule has 0 bridgehead atoms. The Morgan fingerprint density at radius 3 is 2.58 bits per heavy atom. The van der Waals surface area contributed by atoms with Crippen molar-refractivity contribution in [1.82, 2.24) is 4.90 Å². The van der Waals surface area contributed by atoms with Crippen molar-refractivity contribution in [2.24, 2.45) is 4.99 Å². The molecule has 2 aromatic carbocycles. The first-order valence-corrected chi connectivity index (χ1v) is 10.1. The highest BCUT2D eigenvalue weighted by Crippen LogP contribution is 2.41. The Morgan fingerprint density at radius 1 is 1.26 bits per heavy atom. The van der Waals surface area contributed by atoms with Gasteiger partial charge in [-0.1, -0.05) is 29.8 Å². The second-order valence-corrected chi connectivity index (χ2v) is 7.77. The molecule has 31 heavy (non-hydrogen) atoms. The summed E-state index contributed by atoms with van der Waals surface area (Å²) < 4.78 is 53.7. The van der Waals surface area contributed by atoms with Gasteiger partial charge in [-0.25, -0.2) is 4.99 Å². The van der Waals surface area contributed by atoms with Gasteiger partial charge < -0.3 is 19.1 Å². The highest BCUT2D eigenvalue weighted by molar-refractivity contribution is 6.33. The van der Waals surface area contributed by atoms with Crippen LogP contribution in [0.1, 0.15) is 23.6 Å². The number of nitrogens with zero attached hydrogens (tertiary/aromatic N) is 2. The fourth-order valence-corrected chi connectivity index (χ4v) is 3.38. The molecule has 0 unspecified atom stereocenters. The van der Waals surface area contributed by atoms with Gasteiger partial charge in [-0.15, -0.1) is 13.2 Å². The molecule has 0 saturated carbocycles. The van der Waals surface area contributed by atoms with Gasteiger partial charge in [0.25, 0.3) is 0 Å². The summed E-state index contributed by atoms with van der Waals surface area (Å²) in [6.45, 7) is 5.21. The lowest BCUT2D eigenvalue weighted by molar-refractivity contribution is -0.275. The molecule has 0 aliphatic carbocycles. The van der Waals surface area contributed by atoms with Crippen LogP contribution < -0.4 is 4.74 Å². The van der Waals surface area contributed by atoms with Crippen molar-refractivity contribution < 1.29 is 27.4 Å². The number of para-hydroxylation sites is 1. The molecule has 1 saturated heterocycles. The number of benzene rings is 2. The molecule has 168 valence electrons. The maximum absolute atomic E-state index is 12.7. The number of ether oxygens (including phenoxy) is 3. The molecule has 1 fully saturated rings. The predicted octanol–water partition coefficient (Wildman–Crippen LogP) is 5.60. The van der Waals surface area contributed by atoms with Crippen molar-refractivity contribution in [3.05, 3.63) is 58.1 Å². The molecule has 1 heterocycles. The zero-order valence-corrected chi connectivity index (χ0v) is 18.3. The molecule has 0 atom stereocenters. The van der Waals surface area contributed by atoms with Gasteiger partial charge in [-0.2, -0.15) is 0 Å². The average Bonchev–Trinajstić information content (AvgIpc) is 2.68. The zero-order valence-electron chi connectivity index (χ0n) is 17.5. The Kier molecular flexibility index (Phi) is 7.13. The van der Waals surface area contributed by atoms with Crippen molar-refractivity contribution in [3.63, 3.8) is 0 Å². The second kappa shape index (κ2) is 9.46. The van der Waals surface area contributed by atoms with E-state index in [0.29, 0.717) is 16.3 Å². The summed E-state index contributed by atoms with van der Waals surface area (Å²) in [6.07, 6.45) is -3.07. The van der Waals surface area contributed by atoms with Crippen molar-refractivity contribution in [2.45, 2.75) is 32.4 Å². The number of halogens is 4. The van der Waals surface area contributed by atoms with Crippen LogP contribution in [0.15, 0.2) is 41.4 Å². The van der Waals surface area contributed by atoms with Gasteiger partial charge in [-0.05, 0) is 43.2 Å². The summed E-state index contributed by atoms with van der Waals surface area (Å²) in [5.41, 5.74) is 1.84. The predicted molar refractivity (Wildman–Crippen MR) is 113 cm³/mol. The van der Waals surface area contributed by atoms with Crippen LogP contribution in [0.25, 0.3) is 0 Å². The van der Waals surface area contributed by atoms with E-state index in [0.717, 1.165) is 17.7 Å². The highest BCUT2D eigenvalue weighted by Gasteiger charge is 2.43. The number of hydrogen-bond acceptors (Lipinski definition) is 4. The molecular weight excluding hydrogens is 433 g/mol. The van der Waals surface area contributed by atoms with Crippen LogP contribution in [0.5, 0.6) is 5.75 Å². The molecule has 0 spiro atoms. The van der Waals surface area contributed by atoms with E-state index in [1.807, 2.05) is 31.9 Å². The van der Waals surface area contributed by atoms with Crippen LogP contribution in [0.2, 0.25) is 5.02 Å². The van der Waals surface area contributed by atoms with E-state index >= 15 is 0 Å². The first kappa shape index (κ1) is 23.4. The molecule has 0 amide bonds. The van der Waals surface area contributed by atoms with E-state index in [-0.39, 0.29) is 25.6 Å². The fraction of sp³-hybridized carbons (Fsp3) is 0.409. The zero-order chi connectivity index (χ0) is 22.6. The van der Waals surface area contributed by atoms with Crippen molar-refractivity contribution in [3.8, 4) is 5.75 Å². The van der Waals surface area contributed by atoms with Gasteiger partial charge in [0, 0.05) is 19.2 Å². The quantitative estimate of drug-likeness (QED) is 0.383. The molecule has 0 aromatic heterocycles. The molecule has 1 aliphatic rings. The van der Waals surface area contributed by atoms with E-state index in [1.54, 1.807) is 18.5 Å². The van der Waals surface area contributed by atoms with E-state index in [4.69, 9.17) is 21.1 Å². The summed E-state index contributed by atoms with van der Waals surface area (Å²) in [6, 6.07) is 9.56. The average molecular weight is 457 g/mol. The Morgan fingerprint density at radius 2 is 1.97 bits per heavy atom. The van der Waals surface area contributed by atoms with Gasteiger partial charge >= 0.3 is 6.36 Å². The number of aliphatic imine (C=N–C) groups is 1. The third-order valence-electron chi connectivity index (χ3n) is 5.05. The maximum atomic E-state index is 12.7. The van der Waals surface area contributed by atoms with Crippen LogP contribution in [0.4, 0.5) is 18.9 Å². The van der Waals surface area contributed by atoms with Crippen LogP contribution in [-0.4, -0.2) is 44.4 Å². The normalized spacial score (nSPS) is 15.7. The number of rotatable bonds is 8. The van der Waals surface area contributed by atoms with Crippen LogP contribution in [0, 0.1) is 6.92 Å². The topological polar surface area (TPSA) is 43.3 Å². The van der Waals surface area contributed by atoms with E-state index in [1.165, 1.54) is 18.2 Å². The van der Waals surface area contributed by atoms with Crippen LogP contribution in [0.3, 0.4) is 0 Å². The minimum atomic E-state index is -4.78. The number of hydrogen-bond donors (Lipinski definition) is 0. The monoisotopic (exact) mass is 456 g/mol. The third-order valence-corrected chi connectivity index (χ3v) is 5.35. The summed E-state index contributed by atoms with van der Waals surface area (Å²) in [7, 11) is 1.91. The van der Waals surface area contributed by atoms with E-state index in [9.17, 15) is 13.2 Å². The lowest BCUT2D eigenvalue weighted by atomic mass is 9.88. The van der Waals surface area contributed by atoms with Gasteiger partial charge in [0.2, 0.25) is 0 Å². The lowest BCUT2D eigenvalue weighted by Gasteiger charge is -2.42. The molecule has 5 nitrogen and oxygen atoms in total. The Labute approximate surface area is 184 Å². The largest absolute Gasteiger partial charge is 0.573 e. The first-order valence-electron chi connectivity index (χ1n) is 9.74. The summed E-state index contributed by atoms with van der Waals surface area (Å²) >= 11 is 6.46. The van der Waals surface area contributed by atoms with E-state index in [2.05, 4.69) is 9.73 Å². The summed E-state index contributed by atoms with van der Waals surface area (Å²) in [4.78, 5) is 6.34. The van der Waals surface area contributed by atoms with Crippen molar-refractivity contribution in [1.29, 1.82) is 0 Å². The fourth-order valence-electron chi connectivity index (χ4n) is 3.17. The first-order chi connectivity index (χ1) is 14.6. The molecular formula is C22H24ClF3N2O3. The van der Waals surface area contributed by atoms with Crippen LogP contribution in [-0.2, 0) is 21.7 Å².